The van der Waals surface area contributed by atoms with Crippen LogP contribution in [-0.2, 0) is 14.3 Å². The lowest BCUT2D eigenvalue weighted by Crippen LogP contribution is -2.57. The van der Waals surface area contributed by atoms with Crippen LogP contribution < -0.4 is 26.3 Å². The molecule has 2 aromatic rings. The fraction of sp³-hybridized carbons (Fsp3) is 0.533. The minimum absolute atomic E-state index is 0.0122. The van der Waals surface area contributed by atoms with E-state index >= 15 is 0 Å². The summed E-state index contributed by atoms with van der Waals surface area (Å²) in [6.45, 7) is 11.5. The van der Waals surface area contributed by atoms with Crippen molar-refractivity contribution in [2.45, 2.75) is 71.8 Å². The van der Waals surface area contributed by atoms with E-state index in [1.165, 1.54) is 6.20 Å². The van der Waals surface area contributed by atoms with Crippen molar-refractivity contribution in [2.24, 2.45) is 21.9 Å². The number of pyridine rings is 1. The molecule has 12 nitrogen and oxygen atoms in total. The molecule has 12 heteroatoms. The van der Waals surface area contributed by atoms with E-state index in [0.717, 1.165) is 5.39 Å². The van der Waals surface area contributed by atoms with Gasteiger partial charge in [0.2, 0.25) is 5.91 Å². The summed E-state index contributed by atoms with van der Waals surface area (Å²) in [5.74, 6) is 1.37. The Morgan fingerprint density at radius 1 is 1.21 bits per heavy atom. The van der Waals surface area contributed by atoms with Gasteiger partial charge in [0, 0.05) is 30.2 Å². The number of methoxy groups -OCH3 is 1. The van der Waals surface area contributed by atoms with Crippen LogP contribution in [0.5, 0.6) is 11.5 Å². The molecule has 3 atom stereocenters. The quantitative estimate of drug-likeness (QED) is 0.279. The lowest BCUT2D eigenvalue weighted by atomic mass is 9.85. The molecule has 0 radical (unpaired) electrons. The molecule has 0 unspecified atom stereocenters. The van der Waals surface area contributed by atoms with Crippen LogP contribution >= 0.6 is 0 Å². The Morgan fingerprint density at radius 3 is 2.57 bits per heavy atom. The number of hydrogen-bond donors (Lipinski definition) is 3. The lowest BCUT2D eigenvalue weighted by Gasteiger charge is -2.36. The standard InChI is InChI=1S/C30H44N6O6/c1-29(2,3)26(35-28(38)42-30(4,5)6)27(37)36-16-21(13-19(36)17-40-18-32)41-24-15-25(33-12-8-11-31)34-23-14-20(39-7)9-10-22(23)24/h8-12,14-15,19,21,26H,13,16-18,31-32H2,1-7H3,(H,35,38)/b11-8-,33-12?/t19-,21+,26+/m0/s1. The summed E-state index contributed by atoms with van der Waals surface area (Å²) in [6.07, 6.45) is 3.96. The number of benzene rings is 1. The smallest absolute Gasteiger partial charge is 0.408 e. The number of aliphatic imine (C=N–C) groups is 1. The maximum atomic E-state index is 14.0. The van der Waals surface area contributed by atoms with E-state index in [4.69, 9.17) is 30.4 Å². The van der Waals surface area contributed by atoms with Crippen molar-refractivity contribution in [3.05, 3.63) is 36.5 Å². The van der Waals surface area contributed by atoms with Gasteiger partial charge in [0.1, 0.15) is 29.2 Å². The number of alkyl carbamates (subject to hydrolysis) is 1. The fourth-order valence-electron chi connectivity index (χ4n) is 4.63. The number of hydrogen-bond acceptors (Lipinski definition) is 10. The zero-order chi connectivity index (χ0) is 31.1. The Bertz CT molecular complexity index is 1300. The SMILES string of the molecule is COc1ccc2c(O[C@@H]3C[C@@H](COCN)N(C(=O)[C@@H](NC(=O)OC(C)(C)C)C(C)(C)C)C3)cc(N=C/C=C\N)nc2c1. The number of ether oxygens (including phenoxy) is 4. The maximum absolute atomic E-state index is 14.0. The molecule has 2 heterocycles. The number of nitrogens with one attached hydrogen (secondary N) is 1. The molecule has 5 N–H and O–H groups in total. The second-order valence-electron chi connectivity index (χ2n) is 12.1. The van der Waals surface area contributed by atoms with Crippen molar-refractivity contribution in [1.82, 2.24) is 15.2 Å². The number of carbonyl (C=O) groups excluding carboxylic acids is 2. The highest BCUT2D eigenvalue weighted by molar-refractivity contribution is 5.89. The number of fused-ring (bicyclic) bond motifs is 1. The van der Waals surface area contributed by atoms with Gasteiger partial charge in [-0.05, 0) is 50.6 Å². The fourth-order valence-corrected chi connectivity index (χ4v) is 4.63. The molecule has 0 saturated carbocycles. The monoisotopic (exact) mass is 584 g/mol. The van der Waals surface area contributed by atoms with Gasteiger partial charge in [-0.2, -0.15) is 0 Å². The molecule has 1 aliphatic rings. The van der Waals surface area contributed by atoms with E-state index in [2.05, 4.69) is 15.3 Å². The molecule has 1 aromatic carbocycles. The van der Waals surface area contributed by atoms with Crippen LogP contribution in [0.3, 0.4) is 0 Å². The minimum atomic E-state index is -0.850. The predicted octanol–water partition coefficient (Wildman–Crippen LogP) is 3.64. The van der Waals surface area contributed by atoms with Gasteiger partial charge in [0.25, 0.3) is 0 Å². The van der Waals surface area contributed by atoms with E-state index in [1.54, 1.807) is 57.2 Å². The predicted molar refractivity (Wildman–Crippen MR) is 162 cm³/mol. The first-order valence-electron chi connectivity index (χ1n) is 13.9. The third kappa shape index (κ3) is 8.80. The van der Waals surface area contributed by atoms with E-state index < -0.39 is 23.2 Å². The first-order valence-corrected chi connectivity index (χ1v) is 13.9. The average Bonchev–Trinajstić information content (AvgIpc) is 3.30. The summed E-state index contributed by atoms with van der Waals surface area (Å²) in [7, 11) is 1.59. The highest BCUT2D eigenvalue weighted by atomic mass is 16.6. The molecule has 0 spiro atoms. The van der Waals surface area contributed by atoms with Gasteiger partial charge < -0.3 is 40.6 Å². The number of aromatic nitrogens is 1. The van der Waals surface area contributed by atoms with Gasteiger partial charge in [-0.25, -0.2) is 14.8 Å². The van der Waals surface area contributed by atoms with Crippen molar-refractivity contribution in [3.63, 3.8) is 0 Å². The van der Waals surface area contributed by atoms with Gasteiger partial charge in [-0.3, -0.25) is 4.79 Å². The van der Waals surface area contributed by atoms with E-state index in [9.17, 15) is 9.59 Å². The highest BCUT2D eigenvalue weighted by Crippen LogP contribution is 2.34. The van der Waals surface area contributed by atoms with Gasteiger partial charge >= 0.3 is 6.09 Å². The summed E-state index contributed by atoms with van der Waals surface area (Å²) in [5.41, 5.74) is 10.4. The van der Waals surface area contributed by atoms with Crippen LogP contribution in [0.1, 0.15) is 48.0 Å². The largest absolute Gasteiger partial charge is 0.497 e. The van der Waals surface area contributed by atoms with E-state index in [0.29, 0.717) is 29.3 Å². The Labute approximate surface area is 247 Å². The summed E-state index contributed by atoms with van der Waals surface area (Å²) in [4.78, 5) is 37.4. The molecule has 1 aliphatic heterocycles. The number of rotatable bonds is 10. The Balaban J connectivity index is 1.92. The second kappa shape index (κ2) is 13.8. The summed E-state index contributed by atoms with van der Waals surface area (Å²) < 4.78 is 22.9. The maximum Gasteiger partial charge on any atom is 0.408 e. The van der Waals surface area contributed by atoms with Gasteiger partial charge in [0.15, 0.2) is 5.82 Å². The molecular weight excluding hydrogens is 540 g/mol. The molecular formula is C30H44N6O6. The van der Waals surface area contributed by atoms with Crippen molar-refractivity contribution in [1.29, 1.82) is 0 Å². The number of carbonyl (C=O) groups is 2. The normalized spacial score (nSPS) is 18.5. The third-order valence-corrected chi connectivity index (χ3v) is 6.52. The second-order valence-corrected chi connectivity index (χ2v) is 12.1. The van der Waals surface area contributed by atoms with Gasteiger partial charge in [0.05, 0.1) is 38.6 Å². The summed E-state index contributed by atoms with van der Waals surface area (Å²) >= 11 is 0. The first kappa shape index (κ1) is 32.6. The third-order valence-electron chi connectivity index (χ3n) is 6.52. The number of amides is 2. The van der Waals surface area contributed by atoms with Crippen LogP contribution in [0.4, 0.5) is 10.6 Å². The zero-order valence-electron chi connectivity index (χ0n) is 25.5. The van der Waals surface area contributed by atoms with Crippen molar-refractivity contribution in [2.75, 3.05) is 27.0 Å². The lowest BCUT2D eigenvalue weighted by molar-refractivity contribution is -0.138. The highest BCUT2D eigenvalue weighted by Gasteiger charge is 2.43. The Kier molecular flexibility index (Phi) is 10.7. The molecule has 230 valence electrons. The Hall–Kier alpha value is -3.90. The summed E-state index contributed by atoms with van der Waals surface area (Å²) in [6, 6.07) is 6.08. The van der Waals surface area contributed by atoms with Crippen LogP contribution in [0.15, 0.2) is 41.5 Å². The minimum Gasteiger partial charge on any atom is -0.497 e. The van der Waals surface area contributed by atoms with Crippen LogP contribution in [0, 0.1) is 5.41 Å². The molecule has 0 bridgehead atoms. The van der Waals surface area contributed by atoms with Crippen LogP contribution in [0.25, 0.3) is 10.9 Å². The number of nitrogens with zero attached hydrogens (tertiary/aromatic N) is 3. The van der Waals surface area contributed by atoms with Gasteiger partial charge in [-0.15, -0.1) is 0 Å². The van der Waals surface area contributed by atoms with Crippen molar-refractivity contribution < 1.29 is 28.5 Å². The average molecular weight is 585 g/mol. The molecule has 2 amide bonds. The molecule has 3 rings (SSSR count). The molecule has 1 saturated heterocycles. The van der Waals surface area contributed by atoms with Crippen LogP contribution in [0.2, 0.25) is 0 Å². The van der Waals surface area contributed by atoms with E-state index in [-0.39, 0.29) is 37.9 Å². The number of likely N-dealkylation sites (tertiary alicyclic amines) is 1. The molecule has 42 heavy (non-hydrogen) atoms. The van der Waals surface area contributed by atoms with Crippen LogP contribution in [-0.4, -0.2) is 78.9 Å². The Morgan fingerprint density at radius 2 is 1.95 bits per heavy atom. The van der Waals surface area contributed by atoms with Crippen molar-refractivity contribution >= 4 is 34.9 Å². The molecule has 0 aliphatic carbocycles. The molecule has 1 fully saturated rings. The zero-order valence-corrected chi connectivity index (χ0v) is 25.5. The first-order chi connectivity index (χ1) is 19.7. The number of nitrogens with two attached hydrogens (primary N) is 2. The molecule has 1 aromatic heterocycles. The van der Waals surface area contributed by atoms with Gasteiger partial charge in [-0.1, -0.05) is 20.8 Å². The van der Waals surface area contributed by atoms with E-state index in [1.807, 2.05) is 32.9 Å². The van der Waals surface area contributed by atoms with Crippen molar-refractivity contribution in [3.8, 4) is 11.5 Å². The summed E-state index contributed by atoms with van der Waals surface area (Å²) in [5, 5.41) is 3.56. The topological polar surface area (TPSA) is 164 Å². The number of allylic oxidation sites excluding steroid dienone is 1.